The van der Waals surface area contributed by atoms with Crippen LogP contribution in [0.4, 0.5) is 0 Å². The van der Waals surface area contributed by atoms with Gasteiger partial charge in [0.1, 0.15) is 5.75 Å². The number of hydrogen-bond acceptors (Lipinski definition) is 5. The van der Waals surface area contributed by atoms with Crippen molar-refractivity contribution in [1.29, 1.82) is 0 Å². The number of hydrogen-bond donors (Lipinski definition) is 2. The number of benzene rings is 2. The summed E-state index contributed by atoms with van der Waals surface area (Å²) in [6.07, 6.45) is 2.45. The number of aromatic nitrogens is 1. The largest absolute Gasteiger partial charge is 0.438 e. The molecule has 0 atom stereocenters. The lowest BCUT2D eigenvalue weighted by atomic mass is 10.0. The van der Waals surface area contributed by atoms with Crippen LogP contribution in [0.1, 0.15) is 20.8 Å². The first-order chi connectivity index (χ1) is 14.2. The Morgan fingerprint density at radius 2 is 1.90 bits per heavy atom. The second kappa shape index (κ2) is 8.86. The highest BCUT2D eigenvalue weighted by Gasteiger charge is 2.08. The molecule has 2 aromatic carbocycles. The Morgan fingerprint density at radius 3 is 2.66 bits per heavy atom. The van der Waals surface area contributed by atoms with Gasteiger partial charge in [-0.15, -0.1) is 11.3 Å². The van der Waals surface area contributed by atoms with Crippen molar-refractivity contribution in [2.24, 2.45) is 5.73 Å². The first-order valence-electron chi connectivity index (χ1n) is 9.38. The maximum absolute atomic E-state index is 11.2. The summed E-state index contributed by atoms with van der Waals surface area (Å²) in [5.41, 5.74) is 6.83. The number of nitrogens with two attached hydrogens (primary N) is 1. The average Bonchev–Trinajstić information content (AvgIpc) is 3.25. The van der Waals surface area contributed by atoms with Gasteiger partial charge in [0.25, 0.3) is 0 Å². The zero-order valence-electron chi connectivity index (χ0n) is 15.8. The topological polar surface area (TPSA) is 77.2 Å². The Hall–Kier alpha value is -3.22. The summed E-state index contributed by atoms with van der Waals surface area (Å²) >= 11 is 1.79. The van der Waals surface area contributed by atoms with Crippen LogP contribution < -0.4 is 15.8 Å². The number of carbonyl (C=O) groups is 1. The summed E-state index contributed by atoms with van der Waals surface area (Å²) in [5, 5.41) is 7.80. The van der Waals surface area contributed by atoms with Crippen molar-refractivity contribution in [3.05, 3.63) is 88.2 Å². The quantitative estimate of drug-likeness (QED) is 0.424. The molecule has 0 fully saturated rings. The van der Waals surface area contributed by atoms with Gasteiger partial charge in [-0.1, -0.05) is 36.4 Å². The van der Waals surface area contributed by atoms with Crippen LogP contribution in [0.3, 0.4) is 0 Å². The number of amides is 1. The van der Waals surface area contributed by atoms with Gasteiger partial charge >= 0.3 is 0 Å². The Balaban J connectivity index is 1.49. The Morgan fingerprint density at radius 1 is 1.03 bits per heavy atom. The normalized spacial score (nSPS) is 10.9. The minimum Gasteiger partial charge on any atom is -0.438 e. The number of thiophene rings is 1. The van der Waals surface area contributed by atoms with E-state index >= 15 is 0 Å². The van der Waals surface area contributed by atoms with Gasteiger partial charge in [-0.25, -0.2) is 4.98 Å². The summed E-state index contributed by atoms with van der Waals surface area (Å²) in [6.45, 7) is 1.72. The van der Waals surface area contributed by atoms with Crippen LogP contribution in [-0.4, -0.2) is 17.4 Å². The second-order valence-corrected chi connectivity index (χ2v) is 7.66. The summed E-state index contributed by atoms with van der Waals surface area (Å²) < 4.78 is 5.97. The molecule has 0 unspecified atom stereocenters. The van der Waals surface area contributed by atoms with Crippen LogP contribution >= 0.6 is 11.3 Å². The molecule has 1 amide bonds. The summed E-state index contributed by atoms with van der Waals surface area (Å²) in [6, 6.07) is 19.7. The highest BCUT2D eigenvalue weighted by molar-refractivity contribution is 7.09. The smallest absolute Gasteiger partial charge is 0.250 e. The van der Waals surface area contributed by atoms with E-state index in [-0.39, 0.29) is 0 Å². The minimum absolute atomic E-state index is 0.353. The number of pyridine rings is 1. The molecular weight excluding hydrogens is 382 g/mol. The molecule has 4 rings (SSSR count). The molecule has 146 valence electrons. The van der Waals surface area contributed by atoms with Crippen LogP contribution in [-0.2, 0) is 13.0 Å². The molecule has 0 radical (unpaired) electrons. The first-order valence-corrected chi connectivity index (χ1v) is 10.3. The number of rotatable bonds is 8. The molecule has 4 aromatic rings. The number of nitrogens with zero attached hydrogens (tertiary/aromatic N) is 1. The fraction of sp³-hybridized carbons (Fsp3) is 0.130. The van der Waals surface area contributed by atoms with Gasteiger partial charge in [-0.2, -0.15) is 0 Å². The molecule has 0 aliphatic heterocycles. The molecule has 0 saturated heterocycles. The van der Waals surface area contributed by atoms with Gasteiger partial charge in [-0.05, 0) is 40.9 Å². The maximum Gasteiger partial charge on any atom is 0.250 e. The third-order valence-electron chi connectivity index (χ3n) is 4.65. The molecule has 2 aromatic heterocycles. The third kappa shape index (κ3) is 4.62. The van der Waals surface area contributed by atoms with Crippen LogP contribution in [0.5, 0.6) is 11.6 Å². The predicted molar refractivity (Wildman–Crippen MR) is 117 cm³/mol. The summed E-state index contributed by atoms with van der Waals surface area (Å²) in [5.74, 6) is 0.634. The number of ether oxygens (including phenoxy) is 1. The monoisotopic (exact) mass is 403 g/mol. The minimum atomic E-state index is -0.509. The van der Waals surface area contributed by atoms with E-state index in [1.165, 1.54) is 16.6 Å². The number of primary amides is 1. The van der Waals surface area contributed by atoms with E-state index < -0.39 is 5.91 Å². The lowest BCUT2D eigenvalue weighted by Crippen LogP contribution is -2.16. The molecule has 6 heteroatoms. The molecule has 0 bridgehead atoms. The van der Waals surface area contributed by atoms with Crippen molar-refractivity contribution in [3.63, 3.8) is 0 Å². The van der Waals surface area contributed by atoms with Crippen molar-refractivity contribution in [2.45, 2.75) is 13.0 Å². The van der Waals surface area contributed by atoms with Gasteiger partial charge in [-0.3, -0.25) is 4.79 Å². The molecule has 5 nitrogen and oxygen atoms in total. The number of carbonyl (C=O) groups excluding carboxylic acids is 1. The van der Waals surface area contributed by atoms with E-state index in [1.807, 2.05) is 24.3 Å². The second-order valence-electron chi connectivity index (χ2n) is 6.63. The predicted octanol–water partition coefficient (Wildman–Crippen LogP) is 4.52. The van der Waals surface area contributed by atoms with Gasteiger partial charge in [0.05, 0.1) is 5.56 Å². The van der Waals surface area contributed by atoms with Gasteiger partial charge in [0.2, 0.25) is 11.8 Å². The van der Waals surface area contributed by atoms with Crippen molar-refractivity contribution >= 4 is 28.0 Å². The van der Waals surface area contributed by atoms with Crippen LogP contribution in [0.25, 0.3) is 10.8 Å². The molecule has 0 aliphatic rings. The van der Waals surface area contributed by atoms with E-state index in [0.717, 1.165) is 36.0 Å². The Labute approximate surface area is 173 Å². The van der Waals surface area contributed by atoms with Gasteiger partial charge < -0.3 is 15.8 Å². The SMILES string of the molecule is NC(=O)c1ccc(Oc2cccc3c(CNCCc4cccs4)cccc23)nc1. The van der Waals surface area contributed by atoms with E-state index in [0.29, 0.717) is 11.4 Å². The lowest BCUT2D eigenvalue weighted by molar-refractivity contribution is 0.1000. The number of fused-ring (bicyclic) bond motifs is 1. The van der Waals surface area contributed by atoms with E-state index in [1.54, 1.807) is 23.5 Å². The van der Waals surface area contributed by atoms with E-state index in [9.17, 15) is 4.79 Å². The molecule has 0 saturated carbocycles. The van der Waals surface area contributed by atoms with E-state index in [2.05, 4.69) is 39.9 Å². The zero-order valence-corrected chi connectivity index (χ0v) is 16.6. The van der Waals surface area contributed by atoms with Crippen molar-refractivity contribution in [1.82, 2.24) is 10.3 Å². The Kier molecular flexibility index (Phi) is 5.84. The van der Waals surface area contributed by atoms with Crippen molar-refractivity contribution in [2.75, 3.05) is 6.54 Å². The Bertz CT molecular complexity index is 1110. The third-order valence-corrected chi connectivity index (χ3v) is 5.59. The molecule has 29 heavy (non-hydrogen) atoms. The number of nitrogens with one attached hydrogen (secondary N) is 1. The fourth-order valence-corrected chi connectivity index (χ4v) is 3.89. The van der Waals surface area contributed by atoms with Crippen molar-refractivity contribution in [3.8, 4) is 11.6 Å². The van der Waals surface area contributed by atoms with Crippen LogP contribution in [0, 0.1) is 0 Å². The molecule has 0 aliphatic carbocycles. The molecule has 0 spiro atoms. The molecule has 2 heterocycles. The van der Waals surface area contributed by atoms with Crippen LogP contribution in [0.2, 0.25) is 0 Å². The van der Waals surface area contributed by atoms with Crippen LogP contribution in [0.15, 0.2) is 72.2 Å². The highest BCUT2D eigenvalue weighted by Crippen LogP contribution is 2.31. The summed E-state index contributed by atoms with van der Waals surface area (Å²) in [4.78, 5) is 16.8. The summed E-state index contributed by atoms with van der Waals surface area (Å²) in [7, 11) is 0. The highest BCUT2D eigenvalue weighted by atomic mass is 32.1. The van der Waals surface area contributed by atoms with Gasteiger partial charge in [0, 0.05) is 35.6 Å². The lowest BCUT2D eigenvalue weighted by Gasteiger charge is -2.12. The molecular formula is C23H21N3O2S. The first kappa shape index (κ1) is 19.1. The standard InChI is InChI=1S/C23H21N3O2S/c24-23(27)17-9-10-22(26-15-17)28-21-8-2-6-19-16(4-1-7-20(19)21)14-25-12-11-18-5-3-13-29-18/h1-10,13,15,25H,11-12,14H2,(H2,24,27). The van der Waals surface area contributed by atoms with E-state index in [4.69, 9.17) is 10.5 Å². The van der Waals surface area contributed by atoms with Crippen molar-refractivity contribution < 1.29 is 9.53 Å². The van der Waals surface area contributed by atoms with Gasteiger partial charge in [0.15, 0.2) is 0 Å². The maximum atomic E-state index is 11.2. The fourth-order valence-electron chi connectivity index (χ4n) is 3.18. The zero-order chi connectivity index (χ0) is 20.1. The average molecular weight is 404 g/mol. The molecule has 3 N–H and O–H groups in total.